The zero-order chi connectivity index (χ0) is 15.6. The average Bonchev–Trinajstić information content (AvgIpc) is 2.87. The van der Waals surface area contributed by atoms with Crippen LogP contribution in [0.5, 0.6) is 0 Å². The lowest BCUT2D eigenvalue weighted by Gasteiger charge is -2.41. The SMILES string of the molecule is CC1(C)C(=O)NCCN1C(=O)NCC1CCCC1C(=O)O. The van der Waals surface area contributed by atoms with E-state index in [1.54, 1.807) is 13.8 Å². The molecule has 2 fully saturated rings. The number of hydrogen-bond donors (Lipinski definition) is 3. The molecule has 0 bridgehead atoms. The molecule has 2 rings (SSSR count). The van der Waals surface area contributed by atoms with Gasteiger partial charge in [-0.3, -0.25) is 9.59 Å². The summed E-state index contributed by atoms with van der Waals surface area (Å²) in [5.74, 6) is -1.35. The number of rotatable bonds is 3. The summed E-state index contributed by atoms with van der Waals surface area (Å²) in [5.41, 5.74) is -0.885. The van der Waals surface area contributed by atoms with Gasteiger partial charge in [-0.1, -0.05) is 6.42 Å². The second-order valence-corrected chi connectivity index (χ2v) is 6.29. The lowest BCUT2D eigenvalue weighted by molar-refractivity contribution is -0.142. The largest absolute Gasteiger partial charge is 0.481 e. The van der Waals surface area contributed by atoms with Crippen molar-refractivity contribution >= 4 is 17.9 Å². The number of urea groups is 1. The number of nitrogens with one attached hydrogen (secondary N) is 2. The molecule has 118 valence electrons. The number of carbonyl (C=O) groups excluding carboxylic acids is 2. The van der Waals surface area contributed by atoms with E-state index < -0.39 is 11.5 Å². The standard InChI is InChI=1S/C14H23N3O4/c1-14(2)12(20)15-6-7-17(14)13(21)16-8-9-4-3-5-10(9)11(18)19/h9-10H,3-8H2,1-2H3,(H,15,20)(H,16,21)(H,18,19). The molecular formula is C14H23N3O4. The number of carbonyl (C=O) groups is 3. The molecule has 3 N–H and O–H groups in total. The highest BCUT2D eigenvalue weighted by Gasteiger charge is 2.41. The van der Waals surface area contributed by atoms with Crippen LogP contribution in [-0.2, 0) is 9.59 Å². The predicted octanol–water partition coefficient (Wildman–Crippen LogP) is 0.407. The minimum atomic E-state index is -0.885. The highest BCUT2D eigenvalue weighted by molar-refractivity contribution is 5.91. The molecule has 7 heteroatoms. The molecule has 3 amide bonds. The van der Waals surface area contributed by atoms with Gasteiger partial charge in [-0.2, -0.15) is 0 Å². The Balaban J connectivity index is 1.92. The van der Waals surface area contributed by atoms with Gasteiger partial charge in [0.25, 0.3) is 0 Å². The monoisotopic (exact) mass is 297 g/mol. The van der Waals surface area contributed by atoms with Crippen molar-refractivity contribution in [3.63, 3.8) is 0 Å². The Kier molecular flexibility index (Phi) is 4.39. The van der Waals surface area contributed by atoms with E-state index >= 15 is 0 Å². The Morgan fingerprint density at radius 1 is 1.43 bits per heavy atom. The van der Waals surface area contributed by atoms with E-state index in [9.17, 15) is 14.4 Å². The van der Waals surface area contributed by atoms with Crippen LogP contribution in [0, 0.1) is 11.8 Å². The molecule has 7 nitrogen and oxygen atoms in total. The summed E-state index contributed by atoms with van der Waals surface area (Å²) < 4.78 is 0. The molecule has 2 aliphatic rings. The second-order valence-electron chi connectivity index (χ2n) is 6.29. The van der Waals surface area contributed by atoms with E-state index in [1.165, 1.54) is 4.90 Å². The fourth-order valence-electron chi connectivity index (χ4n) is 3.18. The Hall–Kier alpha value is -1.79. The van der Waals surface area contributed by atoms with Gasteiger partial charge in [0.15, 0.2) is 0 Å². The first-order valence-electron chi connectivity index (χ1n) is 7.40. The van der Waals surface area contributed by atoms with Crippen LogP contribution in [0.3, 0.4) is 0 Å². The van der Waals surface area contributed by atoms with E-state index in [-0.39, 0.29) is 23.8 Å². The lowest BCUT2D eigenvalue weighted by Crippen LogP contribution is -2.65. The summed E-state index contributed by atoms with van der Waals surface area (Å²) in [4.78, 5) is 36.7. The maximum absolute atomic E-state index is 12.3. The molecule has 0 aromatic heterocycles. The van der Waals surface area contributed by atoms with Crippen LogP contribution in [-0.4, -0.2) is 53.1 Å². The highest BCUT2D eigenvalue weighted by Crippen LogP contribution is 2.31. The topological polar surface area (TPSA) is 98.7 Å². The van der Waals surface area contributed by atoms with Gasteiger partial charge >= 0.3 is 12.0 Å². The summed E-state index contributed by atoms with van der Waals surface area (Å²) in [6.07, 6.45) is 2.38. The van der Waals surface area contributed by atoms with Crippen LogP contribution in [0.4, 0.5) is 4.79 Å². The van der Waals surface area contributed by atoms with E-state index in [2.05, 4.69) is 10.6 Å². The van der Waals surface area contributed by atoms with Gasteiger partial charge in [0.1, 0.15) is 5.54 Å². The van der Waals surface area contributed by atoms with Crippen molar-refractivity contribution in [2.75, 3.05) is 19.6 Å². The van der Waals surface area contributed by atoms with Gasteiger partial charge in [0.05, 0.1) is 5.92 Å². The van der Waals surface area contributed by atoms with E-state index in [0.717, 1.165) is 12.8 Å². The maximum atomic E-state index is 12.3. The zero-order valence-electron chi connectivity index (χ0n) is 12.5. The van der Waals surface area contributed by atoms with Crippen molar-refractivity contribution in [1.82, 2.24) is 15.5 Å². The first-order valence-corrected chi connectivity index (χ1v) is 7.40. The fourth-order valence-corrected chi connectivity index (χ4v) is 3.18. The molecule has 0 spiro atoms. The van der Waals surface area contributed by atoms with Crippen LogP contribution in [0.25, 0.3) is 0 Å². The number of nitrogens with zero attached hydrogens (tertiary/aromatic N) is 1. The van der Waals surface area contributed by atoms with Crippen LogP contribution < -0.4 is 10.6 Å². The van der Waals surface area contributed by atoms with Crippen molar-refractivity contribution in [3.8, 4) is 0 Å². The van der Waals surface area contributed by atoms with Crippen LogP contribution in [0.2, 0.25) is 0 Å². The lowest BCUT2D eigenvalue weighted by atomic mass is 9.96. The van der Waals surface area contributed by atoms with Crippen LogP contribution in [0.1, 0.15) is 33.1 Å². The predicted molar refractivity (Wildman–Crippen MR) is 75.7 cm³/mol. The smallest absolute Gasteiger partial charge is 0.318 e. The van der Waals surface area contributed by atoms with E-state index in [4.69, 9.17) is 5.11 Å². The summed E-state index contributed by atoms with van der Waals surface area (Å²) in [7, 11) is 0. The van der Waals surface area contributed by atoms with E-state index in [1.807, 2.05) is 0 Å². The molecule has 0 aromatic rings. The fraction of sp³-hybridized carbons (Fsp3) is 0.786. The van der Waals surface area contributed by atoms with Gasteiger partial charge in [0.2, 0.25) is 5.91 Å². The summed E-state index contributed by atoms with van der Waals surface area (Å²) >= 11 is 0. The number of amides is 3. The van der Waals surface area contributed by atoms with Crippen molar-refractivity contribution in [1.29, 1.82) is 0 Å². The minimum Gasteiger partial charge on any atom is -0.481 e. The molecule has 21 heavy (non-hydrogen) atoms. The highest BCUT2D eigenvalue weighted by atomic mass is 16.4. The third-order valence-corrected chi connectivity index (χ3v) is 4.59. The van der Waals surface area contributed by atoms with Gasteiger partial charge in [-0.25, -0.2) is 4.79 Å². The van der Waals surface area contributed by atoms with Gasteiger partial charge in [0, 0.05) is 19.6 Å². The molecule has 1 saturated carbocycles. The Morgan fingerprint density at radius 2 is 2.14 bits per heavy atom. The zero-order valence-corrected chi connectivity index (χ0v) is 12.5. The molecule has 2 atom stereocenters. The van der Waals surface area contributed by atoms with Gasteiger partial charge in [-0.05, 0) is 32.6 Å². The molecule has 1 saturated heterocycles. The molecule has 1 heterocycles. The third kappa shape index (κ3) is 3.11. The quantitative estimate of drug-likeness (QED) is 0.702. The maximum Gasteiger partial charge on any atom is 0.318 e. The first-order chi connectivity index (χ1) is 9.84. The number of hydrogen-bond acceptors (Lipinski definition) is 3. The normalized spacial score (nSPS) is 28.1. The minimum absolute atomic E-state index is 0.0202. The average molecular weight is 297 g/mol. The Labute approximate surface area is 124 Å². The van der Waals surface area contributed by atoms with E-state index in [0.29, 0.717) is 26.1 Å². The Morgan fingerprint density at radius 3 is 2.81 bits per heavy atom. The van der Waals surface area contributed by atoms with Crippen LogP contribution in [0.15, 0.2) is 0 Å². The number of aliphatic carboxylic acids is 1. The van der Waals surface area contributed by atoms with Crippen molar-refractivity contribution < 1.29 is 19.5 Å². The molecule has 0 radical (unpaired) electrons. The molecule has 2 unspecified atom stereocenters. The molecular weight excluding hydrogens is 274 g/mol. The molecule has 1 aliphatic carbocycles. The summed E-state index contributed by atoms with van der Waals surface area (Å²) in [6, 6.07) is -0.300. The van der Waals surface area contributed by atoms with Crippen molar-refractivity contribution in [3.05, 3.63) is 0 Å². The second kappa shape index (κ2) is 5.91. The Bertz CT molecular complexity index is 450. The van der Waals surface area contributed by atoms with Crippen molar-refractivity contribution in [2.24, 2.45) is 11.8 Å². The summed E-state index contributed by atoms with van der Waals surface area (Å²) in [5, 5.41) is 14.7. The molecule has 1 aliphatic heterocycles. The van der Waals surface area contributed by atoms with Gasteiger partial charge < -0.3 is 20.6 Å². The summed E-state index contributed by atoms with van der Waals surface area (Å²) in [6.45, 7) is 4.66. The van der Waals surface area contributed by atoms with Crippen LogP contribution >= 0.6 is 0 Å². The van der Waals surface area contributed by atoms with Gasteiger partial charge in [-0.15, -0.1) is 0 Å². The first kappa shape index (κ1) is 15.6. The number of carboxylic acid groups (broad SMARTS) is 1. The molecule has 0 aromatic carbocycles. The third-order valence-electron chi connectivity index (χ3n) is 4.59. The van der Waals surface area contributed by atoms with Crippen molar-refractivity contribution in [2.45, 2.75) is 38.6 Å². The number of carboxylic acids is 1. The number of piperazine rings is 1.